The first-order valence-electron chi connectivity index (χ1n) is 7.18. The molecule has 1 aliphatic heterocycles. The fourth-order valence-electron chi connectivity index (χ4n) is 3.00. The van der Waals surface area contributed by atoms with Crippen molar-refractivity contribution in [1.82, 2.24) is 9.55 Å². The zero-order chi connectivity index (χ0) is 12.8. The summed E-state index contributed by atoms with van der Waals surface area (Å²) in [6.45, 7) is 1.12. The SMILES string of the molecule is Nc1ccc2c(c1)nc(C1CC1)n2CC1CCCS1. The fourth-order valence-corrected chi connectivity index (χ4v) is 4.26. The van der Waals surface area contributed by atoms with E-state index < -0.39 is 0 Å². The van der Waals surface area contributed by atoms with Crippen LogP contribution in [0.15, 0.2) is 18.2 Å². The molecule has 2 aliphatic rings. The molecule has 4 rings (SSSR count). The molecule has 4 heteroatoms. The summed E-state index contributed by atoms with van der Waals surface area (Å²) in [6, 6.07) is 6.15. The number of thioether (sulfide) groups is 1. The minimum Gasteiger partial charge on any atom is -0.399 e. The highest BCUT2D eigenvalue weighted by Crippen LogP contribution is 2.41. The third kappa shape index (κ3) is 2.12. The van der Waals surface area contributed by atoms with Gasteiger partial charge in [-0.3, -0.25) is 0 Å². The number of anilines is 1. The van der Waals surface area contributed by atoms with Crippen LogP contribution in [0.5, 0.6) is 0 Å². The number of nitrogen functional groups attached to an aromatic ring is 1. The molecule has 2 aromatic rings. The molecule has 0 bridgehead atoms. The number of rotatable bonds is 3. The lowest BCUT2D eigenvalue weighted by Crippen LogP contribution is -2.12. The van der Waals surface area contributed by atoms with Gasteiger partial charge in [0, 0.05) is 23.4 Å². The maximum absolute atomic E-state index is 5.89. The van der Waals surface area contributed by atoms with E-state index in [1.165, 1.54) is 42.8 Å². The molecular weight excluding hydrogens is 254 g/mol. The van der Waals surface area contributed by atoms with Crippen LogP contribution in [0, 0.1) is 0 Å². The molecule has 1 saturated heterocycles. The highest BCUT2D eigenvalue weighted by Gasteiger charge is 2.30. The van der Waals surface area contributed by atoms with Gasteiger partial charge in [0.25, 0.3) is 0 Å². The third-order valence-corrected chi connectivity index (χ3v) is 5.54. The largest absolute Gasteiger partial charge is 0.399 e. The summed E-state index contributed by atoms with van der Waals surface area (Å²) in [5, 5.41) is 0.771. The van der Waals surface area contributed by atoms with Crippen molar-refractivity contribution in [3.63, 3.8) is 0 Å². The summed E-state index contributed by atoms with van der Waals surface area (Å²) in [5.41, 5.74) is 9.04. The molecule has 0 amide bonds. The van der Waals surface area contributed by atoms with Crippen molar-refractivity contribution in [2.24, 2.45) is 0 Å². The van der Waals surface area contributed by atoms with Crippen LogP contribution in [0.3, 0.4) is 0 Å². The molecule has 1 aromatic heterocycles. The Morgan fingerprint density at radius 3 is 2.95 bits per heavy atom. The molecule has 1 atom stereocenters. The Morgan fingerprint density at radius 2 is 2.21 bits per heavy atom. The highest BCUT2D eigenvalue weighted by atomic mass is 32.2. The molecule has 19 heavy (non-hydrogen) atoms. The van der Waals surface area contributed by atoms with Gasteiger partial charge in [0.2, 0.25) is 0 Å². The number of imidazole rings is 1. The Balaban J connectivity index is 1.78. The zero-order valence-corrected chi connectivity index (χ0v) is 11.8. The first-order valence-corrected chi connectivity index (χ1v) is 8.23. The molecule has 1 unspecified atom stereocenters. The summed E-state index contributed by atoms with van der Waals surface area (Å²) in [5.74, 6) is 3.32. The van der Waals surface area contributed by atoms with Crippen LogP contribution in [0.1, 0.15) is 37.4 Å². The monoisotopic (exact) mass is 273 g/mol. The summed E-state index contributed by atoms with van der Waals surface area (Å²) in [6.07, 6.45) is 5.32. The normalized spacial score (nSPS) is 23.3. The van der Waals surface area contributed by atoms with E-state index in [1.807, 2.05) is 12.1 Å². The second kappa shape index (κ2) is 4.44. The quantitative estimate of drug-likeness (QED) is 0.872. The number of aromatic nitrogens is 2. The minimum atomic E-state index is 0.694. The lowest BCUT2D eigenvalue weighted by Gasteiger charge is -2.13. The Hall–Kier alpha value is -1.16. The Morgan fingerprint density at radius 1 is 1.32 bits per heavy atom. The molecule has 100 valence electrons. The fraction of sp³-hybridized carbons (Fsp3) is 0.533. The molecule has 1 aliphatic carbocycles. The van der Waals surface area contributed by atoms with Crippen LogP contribution in [-0.2, 0) is 6.54 Å². The summed E-state index contributed by atoms with van der Waals surface area (Å²) >= 11 is 2.12. The molecule has 1 saturated carbocycles. The average Bonchev–Trinajstić information content (AvgIpc) is 3.00. The topological polar surface area (TPSA) is 43.8 Å². The van der Waals surface area contributed by atoms with Crippen molar-refractivity contribution in [3.05, 3.63) is 24.0 Å². The molecule has 2 N–H and O–H groups in total. The number of benzene rings is 1. The van der Waals surface area contributed by atoms with Gasteiger partial charge in [-0.25, -0.2) is 4.98 Å². The minimum absolute atomic E-state index is 0.694. The standard InChI is InChI=1S/C15H19N3S/c16-11-5-6-14-13(8-11)17-15(10-3-4-10)18(14)9-12-2-1-7-19-12/h5-6,8,10,12H,1-4,7,9,16H2. The smallest absolute Gasteiger partial charge is 0.113 e. The lowest BCUT2D eigenvalue weighted by molar-refractivity contribution is 0.624. The lowest BCUT2D eigenvalue weighted by atomic mass is 10.2. The average molecular weight is 273 g/mol. The predicted octanol–water partition coefficient (Wildman–Crippen LogP) is 3.39. The van der Waals surface area contributed by atoms with Gasteiger partial charge in [-0.2, -0.15) is 11.8 Å². The Bertz CT molecular complexity index is 609. The number of fused-ring (bicyclic) bond motifs is 1. The molecule has 2 heterocycles. The van der Waals surface area contributed by atoms with E-state index in [4.69, 9.17) is 10.7 Å². The van der Waals surface area contributed by atoms with Gasteiger partial charge >= 0.3 is 0 Å². The maximum Gasteiger partial charge on any atom is 0.113 e. The molecule has 0 radical (unpaired) electrons. The van der Waals surface area contributed by atoms with Crippen molar-refractivity contribution < 1.29 is 0 Å². The third-order valence-electron chi connectivity index (χ3n) is 4.15. The van der Waals surface area contributed by atoms with Crippen LogP contribution >= 0.6 is 11.8 Å². The molecule has 1 aromatic carbocycles. The number of nitrogens with two attached hydrogens (primary N) is 1. The van der Waals surface area contributed by atoms with E-state index in [9.17, 15) is 0 Å². The van der Waals surface area contributed by atoms with E-state index in [-0.39, 0.29) is 0 Å². The van der Waals surface area contributed by atoms with E-state index in [1.54, 1.807) is 0 Å². The van der Waals surface area contributed by atoms with Crippen LogP contribution in [-0.4, -0.2) is 20.6 Å². The van der Waals surface area contributed by atoms with E-state index in [0.29, 0.717) is 5.92 Å². The zero-order valence-electron chi connectivity index (χ0n) is 11.0. The van der Waals surface area contributed by atoms with Crippen LogP contribution in [0.4, 0.5) is 5.69 Å². The van der Waals surface area contributed by atoms with Gasteiger partial charge in [0.15, 0.2) is 0 Å². The summed E-state index contributed by atoms with van der Waals surface area (Å²) in [4.78, 5) is 4.85. The molecule has 3 nitrogen and oxygen atoms in total. The van der Waals surface area contributed by atoms with Crippen molar-refractivity contribution in [1.29, 1.82) is 0 Å². The van der Waals surface area contributed by atoms with E-state index >= 15 is 0 Å². The predicted molar refractivity (Wildman–Crippen MR) is 81.6 cm³/mol. The first-order chi connectivity index (χ1) is 9.31. The highest BCUT2D eigenvalue weighted by molar-refractivity contribution is 8.00. The second-order valence-electron chi connectivity index (χ2n) is 5.74. The van der Waals surface area contributed by atoms with Crippen molar-refractivity contribution >= 4 is 28.5 Å². The molecule has 2 fully saturated rings. The van der Waals surface area contributed by atoms with Crippen molar-refractivity contribution in [2.45, 2.75) is 43.4 Å². The number of hydrogen-bond acceptors (Lipinski definition) is 3. The van der Waals surface area contributed by atoms with Gasteiger partial charge in [-0.1, -0.05) is 0 Å². The van der Waals surface area contributed by atoms with Gasteiger partial charge in [-0.15, -0.1) is 0 Å². The van der Waals surface area contributed by atoms with Gasteiger partial charge < -0.3 is 10.3 Å². The maximum atomic E-state index is 5.89. The summed E-state index contributed by atoms with van der Waals surface area (Å²) < 4.78 is 2.47. The van der Waals surface area contributed by atoms with Crippen molar-refractivity contribution in [2.75, 3.05) is 11.5 Å². The van der Waals surface area contributed by atoms with E-state index in [0.717, 1.165) is 23.0 Å². The van der Waals surface area contributed by atoms with Gasteiger partial charge in [0.05, 0.1) is 11.0 Å². The second-order valence-corrected chi connectivity index (χ2v) is 7.15. The van der Waals surface area contributed by atoms with Crippen LogP contribution in [0.2, 0.25) is 0 Å². The summed E-state index contributed by atoms with van der Waals surface area (Å²) in [7, 11) is 0. The molecule has 0 spiro atoms. The van der Waals surface area contributed by atoms with E-state index in [2.05, 4.69) is 22.4 Å². The molecular formula is C15H19N3S. The first kappa shape index (κ1) is 11.6. The number of hydrogen-bond donors (Lipinski definition) is 1. The van der Waals surface area contributed by atoms with Gasteiger partial charge in [0.1, 0.15) is 5.82 Å². The van der Waals surface area contributed by atoms with Crippen LogP contribution in [0.25, 0.3) is 11.0 Å². The Kier molecular flexibility index (Phi) is 2.72. The van der Waals surface area contributed by atoms with Gasteiger partial charge in [-0.05, 0) is 49.6 Å². The number of nitrogens with zero attached hydrogens (tertiary/aromatic N) is 2. The van der Waals surface area contributed by atoms with Crippen LogP contribution < -0.4 is 5.73 Å². The van der Waals surface area contributed by atoms with Crippen molar-refractivity contribution in [3.8, 4) is 0 Å². The Labute approximate surface area is 117 Å².